The Kier molecular flexibility index (Phi) is 7.51. The molecule has 7 nitrogen and oxygen atoms in total. The van der Waals surface area contributed by atoms with E-state index in [-0.39, 0.29) is 0 Å². The van der Waals surface area contributed by atoms with Crippen molar-refractivity contribution in [2.24, 2.45) is 5.73 Å². The van der Waals surface area contributed by atoms with Gasteiger partial charge in [0, 0.05) is 26.2 Å². The fourth-order valence-electron chi connectivity index (χ4n) is 0.983. The van der Waals surface area contributed by atoms with Crippen molar-refractivity contribution in [3.63, 3.8) is 0 Å². The van der Waals surface area contributed by atoms with Gasteiger partial charge < -0.3 is 26.6 Å². The van der Waals surface area contributed by atoms with Crippen LogP contribution < -0.4 is 16.4 Å². The molecule has 6 N–H and O–H groups in total. The molecule has 0 rings (SSSR count). The van der Waals surface area contributed by atoms with Gasteiger partial charge >= 0.3 is 11.9 Å². The Morgan fingerprint density at radius 1 is 1.20 bits per heavy atom. The first-order chi connectivity index (χ1) is 7.07. The maximum atomic E-state index is 10.6. The van der Waals surface area contributed by atoms with E-state index in [0.29, 0.717) is 26.2 Å². The maximum absolute atomic E-state index is 10.6. The van der Waals surface area contributed by atoms with Crippen LogP contribution >= 0.6 is 0 Å². The molecule has 7 heteroatoms. The fraction of sp³-hybridized carbons (Fsp3) is 0.750. The summed E-state index contributed by atoms with van der Waals surface area (Å²) in [4.78, 5) is 20.9. The summed E-state index contributed by atoms with van der Waals surface area (Å²) in [6, 6.07) is -1.04. The Labute approximate surface area is 87.6 Å². The third kappa shape index (κ3) is 7.86. The molecule has 0 saturated heterocycles. The predicted octanol–water partition coefficient (Wildman–Crippen LogP) is -1.95. The average Bonchev–Trinajstić information content (AvgIpc) is 2.15. The highest BCUT2D eigenvalue weighted by Gasteiger charge is 2.19. The van der Waals surface area contributed by atoms with Crippen molar-refractivity contribution in [2.75, 3.05) is 26.2 Å². The van der Waals surface area contributed by atoms with E-state index in [1.54, 1.807) is 0 Å². The summed E-state index contributed by atoms with van der Waals surface area (Å²) in [5, 5.41) is 22.7. The van der Waals surface area contributed by atoms with Gasteiger partial charge in [-0.05, 0) is 0 Å². The molecule has 0 fully saturated rings. The number of aliphatic carboxylic acids is 2. The molecule has 0 aliphatic heterocycles. The standard InChI is InChI=1S/C8H17N3O4/c9-1-2-10-3-4-11-6(8(14)15)5-7(12)13/h6,10-11H,1-5,9H2,(H,12,13)(H,14,15). The largest absolute Gasteiger partial charge is 0.481 e. The lowest BCUT2D eigenvalue weighted by molar-refractivity contribution is -0.145. The van der Waals surface area contributed by atoms with Crippen LogP contribution in [0.15, 0.2) is 0 Å². The second kappa shape index (κ2) is 8.16. The fourth-order valence-corrected chi connectivity index (χ4v) is 0.983. The Morgan fingerprint density at radius 2 is 1.87 bits per heavy atom. The van der Waals surface area contributed by atoms with E-state index >= 15 is 0 Å². The summed E-state index contributed by atoms with van der Waals surface area (Å²) in [6.45, 7) is 2.11. The van der Waals surface area contributed by atoms with Gasteiger partial charge in [0.15, 0.2) is 0 Å². The van der Waals surface area contributed by atoms with Crippen molar-refractivity contribution in [3.05, 3.63) is 0 Å². The van der Waals surface area contributed by atoms with Crippen LogP contribution in [0.4, 0.5) is 0 Å². The molecule has 0 aliphatic rings. The Morgan fingerprint density at radius 3 is 2.33 bits per heavy atom. The van der Waals surface area contributed by atoms with Crippen LogP contribution in [0.25, 0.3) is 0 Å². The first kappa shape index (κ1) is 13.8. The zero-order chi connectivity index (χ0) is 11.7. The highest BCUT2D eigenvalue weighted by molar-refractivity contribution is 5.80. The highest BCUT2D eigenvalue weighted by Crippen LogP contribution is 1.91. The third-order valence-electron chi connectivity index (χ3n) is 1.69. The van der Waals surface area contributed by atoms with E-state index in [4.69, 9.17) is 15.9 Å². The summed E-state index contributed by atoms with van der Waals surface area (Å²) in [6.07, 6.45) is -0.424. The summed E-state index contributed by atoms with van der Waals surface area (Å²) in [5.74, 6) is -2.29. The molecule has 0 heterocycles. The van der Waals surface area contributed by atoms with Gasteiger partial charge in [-0.3, -0.25) is 9.59 Å². The molecular weight excluding hydrogens is 202 g/mol. The van der Waals surface area contributed by atoms with E-state index in [2.05, 4.69) is 10.6 Å². The number of rotatable bonds is 9. The summed E-state index contributed by atoms with van der Waals surface area (Å²) >= 11 is 0. The monoisotopic (exact) mass is 219 g/mol. The van der Waals surface area contributed by atoms with Crippen molar-refractivity contribution in [1.29, 1.82) is 0 Å². The Hall–Kier alpha value is -1.18. The molecule has 0 spiro atoms. The minimum atomic E-state index is -1.16. The van der Waals surface area contributed by atoms with E-state index < -0.39 is 24.4 Å². The second-order valence-corrected chi connectivity index (χ2v) is 2.98. The van der Waals surface area contributed by atoms with Crippen molar-refractivity contribution in [2.45, 2.75) is 12.5 Å². The van der Waals surface area contributed by atoms with Crippen molar-refractivity contribution < 1.29 is 19.8 Å². The SMILES string of the molecule is NCCNCCNC(CC(=O)O)C(=O)O. The Bertz CT molecular complexity index is 210. The second-order valence-electron chi connectivity index (χ2n) is 2.98. The number of carboxylic acids is 2. The first-order valence-electron chi connectivity index (χ1n) is 4.66. The lowest BCUT2D eigenvalue weighted by Gasteiger charge is -2.12. The van der Waals surface area contributed by atoms with Gasteiger partial charge in [0.05, 0.1) is 6.42 Å². The molecule has 15 heavy (non-hydrogen) atoms. The van der Waals surface area contributed by atoms with E-state index in [1.807, 2.05) is 0 Å². The molecule has 0 aliphatic carbocycles. The number of hydrogen-bond acceptors (Lipinski definition) is 5. The first-order valence-corrected chi connectivity index (χ1v) is 4.66. The van der Waals surface area contributed by atoms with Gasteiger partial charge in [0.2, 0.25) is 0 Å². The lowest BCUT2D eigenvalue weighted by Crippen LogP contribution is -2.42. The number of nitrogens with one attached hydrogen (secondary N) is 2. The molecule has 0 saturated carbocycles. The molecule has 0 radical (unpaired) electrons. The van der Waals surface area contributed by atoms with Crippen LogP contribution in [-0.2, 0) is 9.59 Å². The summed E-state index contributed by atoms with van der Waals surface area (Å²) < 4.78 is 0. The Balaban J connectivity index is 3.67. The van der Waals surface area contributed by atoms with Crippen molar-refractivity contribution in [1.82, 2.24) is 10.6 Å². The van der Waals surface area contributed by atoms with Gasteiger partial charge in [-0.1, -0.05) is 0 Å². The quantitative estimate of drug-likeness (QED) is 0.285. The van der Waals surface area contributed by atoms with Crippen LogP contribution in [0.2, 0.25) is 0 Å². The van der Waals surface area contributed by atoms with Gasteiger partial charge in [0.1, 0.15) is 6.04 Å². The van der Waals surface area contributed by atoms with Crippen LogP contribution in [-0.4, -0.2) is 54.4 Å². The minimum Gasteiger partial charge on any atom is -0.481 e. The van der Waals surface area contributed by atoms with Gasteiger partial charge in [-0.25, -0.2) is 0 Å². The van der Waals surface area contributed by atoms with E-state index in [0.717, 1.165) is 0 Å². The maximum Gasteiger partial charge on any atom is 0.321 e. The zero-order valence-corrected chi connectivity index (χ0v) is 8.40. The molecule has 88 valence electrons. The number of carbonyl (C=O) groups is 2. The smallest absolute Gasteiger partial charge is 0.321 e. The molecule has 0 aromatic carbocycles. The van der Waals surface area contributed by atoms with Crippen LogP contribution in [0.5, 0.6) is 0 Å². The zero-order valence-electron chi connectivity index (χ0n) is 8.40. The molecule has 1 atom stereocenters. The van der Waals surface area contributed by atoms with E-state index in [1.165, 1.54) is 0 Å². The number of hydrogen-bond donors (Lipinski definition) is 5. The lowest BCUT2D eigenvalue weighted by atomic mass is 10.2. The predicted molar refractivity (Wildman–Crippen MR) is 53.6 cm³/mol. The summed E-state index contributed by atoms with van der Waals surface area (Å²) in [5.41, 5.74) is 5.23. The molecule has 0 bridgehead atoms. The average molecular weight is 219 g/mol. The normalized spacial score (nSPS) is 12.3. The molecule has 1 unspecified atom stereocenters. The van der Waals surface area contributed by atoms with E-state index in [9.17, 15) is 9.59 Å². The number of carboxylic acid groups (broad SMARTS) is 2. The van der Waals surface area contributed by atoms with Crippen molar-refractivity contribution >= 4 is 11.9 Å². The minimum absolute atomic E-state index is 0.393. The van der Waals surface area contributed by atoms with Crippen LogP contribution in [0.3, 0.4) is 0 Å². The highest BCUT2D eigenvalue weighted by atomic mass is 16.4. The van der Waals surface area contributed by atoms with Crippen LogP contribution in [0, 0.1) is 0 Å². The van der Waals surface area contributed by atoms with Gasteiger partial charge in [-0.2, -0.15) is 0 Å². The molecular formula is C8H17N3O4. The summed E-state index contributed by atoms with van der Waals surface area (Å²) in [7, 11) is 0. The molecule has 0 aromatic rings. The topological polar surface area (TPSA) is 125 Å². The van der Waals surface area contributed by atoms with Gasteiger partial charge in [0.25, 0.3) is 0 Å². The van der Waals surface area contributed by atoms with Gasteiger partial charge in [-0.15, -0.1) is 0 Å². The third-order valence-corrected chi connectivity index (χ3v) is 1.69. The molecule has 0 amide bonds. The number of nitrogens with two attached hydrogens (primary N) is 1. The van der Waals surface area contributed by atoms with Crippen molar-refractivity contribution in [3.8, 4) is 0 Å². The molecule has 0 aromatic heterocycles. The van der Waals surface area contributed by atoms with Crippen LogP contribution in [0.1, 0.15) is 6.42 Å².